The van der Waals surface area contributed by atoms with Crippen LogP contribution in [0, 0.1) is 3.57 Å². The van der Waals surface area contributed by atoms with Gasteiger partial charge >= 0.3 is 0 Å². The number of ether oxygens (including phenoxy) is 2. The van der Waals surface area contributed by atoms with Gasteiger partial charge in [0.2, 0.25) is 0 Å². The largest absolute Gasteiger partial charge is 0.486 e. The highest BCUT2D eigenvalue weighted by molar-refractivity contribution is 14.1. The quantitative estimate of drug-likeness (QED) is 0.599. The van der Waals surface area contributed by atoms with Crippen molar-refractivity contribution in [3.63, 3.8) is 0 Å². The Morgan fingerprint density at radius 2 is 1.78 bits per heavy atom. The smallest absolute Gasteiger partial charge is 0.192 e. The lowest BCUT2D eigenvalue weighted by molar-refractivity contribution is 0.171. The molecular formula is C12H9IN2O2S. The number of hydrogen-bond donors (Lipinski definition) is 0. The summed E-state index contributed by atoms with van der Waals surface area (Å²) in [6.45, 7) is 1.21. The van der Waals surface area contributed by atoms with E-state index in [1.54, 1.807) is 12.4 Å². The number of nitrogens with zero attached hydrogens (tertiary/aromatic N) is 2. The predicted molar refractivity (Wildman–Crippen MR) is 76.3 cm³/mol. The standard InChI is InChI=1S/C12H9IN2O2S/c13-8-6-14-12(15-7-8)18-9-1-2-10-11(5-9)17-4-3-16-10/h1-2,5-7H,3-4H2. The van der Waals surface area contributed by atoms with Crippen LogP contribution < -0.4 is 9.47 Å². The number of rotatable bonds is 2. The first-order valence-corrected chi connectivity index (χ1v) is 7.26. The molecule has 0 saturated carbocycles. The van der Waals surface area contributed by atoms with Crippen molar-refractivity contribution in [3.8, 4) is 11.5 Å². The molecular weight excluding hydrogens is 363 g/mol. The van der Waals surface area contributed by atoms with Crippen LogP contribution in [0.1, 0.15) is 0 Å². The molecule has 0 N–H and O–H groups in total. The van der Waals surface area contributed by atoms with Gasteiger partial charge in [-0.25, -0.2) is 9.97 Å². The molecule has 1 aromatic carbocycles. The second kappa shape index (κ2) is 5.31. The van der Waals surface area contributed by atoms with Gasteiger partial charge in [-0.15, -0.1) is 0 Å². The summed E-state index contributed by atoms with van der Waals surface area (Å²) in [6, 6.07) is 5.86. The van der Waals surface area contributed by atoms with Crippen LogP contribution in [0.25, 0.3) is 0 Å². The number of aromatic nitrogens is 2. The Kier molecular flexibility index (Phi) is 3.55. The molecule has 2 aromatic rings. The molecule has 1 aromatic heterocycles. The van der Waals surface area contributed by atoms with Crippen LogP contribution in [-0.2, 0) is 0 Å². The van der Waals surface area contributed by atoms with Gasteiger partial charge in [0.15, 0.2) is 16.7 Å². The van der Waals surface area contributed by atoms with Gasteiger partial charge in [0.1, 0.15) is 13.2 Å². The summed E-state index contributed by atoms with van der Waals surface area (Å²) in [5, 5.41) is 0.729. The molecule has 6 heteroatoms. The molecule has 0 unspecified atom stereocenters. The van der Waals surface area contributed by atoms with E-state index in [1.165, 1.54) is 11.8 Å². The zero-order valence-corrected chi connectivity index (χ0v) is 12.3. The molecule has 92 valence electrons. The monoisotopic (exact) mass is 372 g/mol. The second-order valence-corrected chi connectivity index (χ2v) is 5.88. The predicted octanol–water partition coefficient (Wildman–Crippen LogP) is 3.00. The maximum Gasteiger partial charge on any atom is 0.192 e. The minimum Gasteiger partial charge on any atom is -0.486 e. The van der Waals surface area contributed by atoms with Crippen molar-refractivity contribution in [1.82, 2.24) is 9.97 Å². The molecule has 0 bridgehead atoms. The van der Waals surface area contributed by atoms with Gasteiger partial charge in [-0.1, -0.05) is 0 Å². The molecule has 0 saturated heterocycles. The van der Waals surface area contributed by atoms with Crippen LogP contribution >= 0.6 is 34.4 Å². The fraction of sp³-hybridized carbons (Fsp3) is 0.167. The topological polar surface area (TPSA) is 44.2 Å². The lowest BCUT2D eigenvalue weighted by Crippen LogP contribution is -2.15. The Morgan fingerprint density at radius 3 is 2.56 bits per heavy atom. The lowest BCUT2D eigenvalue weighted by Gasteiger charge is -2.18. The van der Waals surface area contributed by atoms with Crippen molar-refractivity contribution < 1.29 is 9.47 Å². The summed E-state index contributed by atoms with van der Waals surface area (Å²) in [5.41, 5.74) is 0. The van der Waals surface area contributed by atoms with E-state index in [0.29, 0.717) is 13.2 Å². The first-order chi connectivity index (χ1) is 8.81. The van der Waals surface area contributed by atoms with E-state index in [4.69, 9.17) is 9.47 Å². The average molecular weight is 372 g/mol. The van der Waals surface area contributed by atoms with Gasteiger partial charge in [0, 0.05) is 20.9 Å². The van der Waals surface area contributed by atoms with Crippen molar-refractivity contribution in [3.05, 3.63) is 34.2 Å². The summed E-state index contributed by atoms with van der Waals surface area (Å²) in [5.74, 6) is 1.59. The van der Waals surface area contributed by atoms with Crippen molar-refractivity contribution in [2.75, 3.05) is 13.2 Å². The fourth-order valence-corrected chi connectivity index (χ4v) is 2.55. The van der Waals surface area contributed by atoms with E-state index in [2.05, 4.69) is 32.6 Å². The van der Waals surface area contributed by atoms with Gasteiger partial charge in [0.05, 0.1) is 0 Å². The maximum absolute atomic E-state index is 5.54. The summed E-state index contributed by atoms with van der Waals surface area (Å²) in [4.78, 5) is 9.56. The molecule has 4 nitrogen and oxygen atoms in total. The SMILES string of the molecule is Ic1cnc(Sc2ccc3c(c2)OCCO3)nc1. The van der Waals surface area contributed by atoms with Crippen LogP contribution in [0.2, 0.25) is 0 Å². The third kappa shape index (κ3) is 2.69. The van der Waals surface area contributed by atoms with Gasteiger partial charge in [-0.3, -0.25) is 0 Å². The Balaban J connectivity index is 1.82. The molecule has 0 aliphatic carbocycles. The molecule has 0 atom stereocenters. The van der Waals surface area contributed by atoms with Gasteiger partial charge in [-0.05, 0) is 52.6 Å². The van der Waals surface area contributed by atoms with E-state index < -0.39 is 0 Å². The highest BCUT2D eigenvalue weighted by atomic mass is 127. The number of hydrogen-bond acceptors (Lipinski definition) is 5. The van der Waals surface area contributed by atoms with Crippen molar-refractivity contribution in [1.29, 1.82) is 0 Å². The molecule has 0 radical (unpaired) electrons. The van der Waals surface area contributed by atoms with Crippen molar-refractivity contribution >= 4 is 34.4 Å². The first kappa shape index (κ1) is 12.0. The maximum atomic E-state index is 5.54. The fourth-order valence-electron chi connectivity index (χ4n) is 1.55. The molecule has 2 heterocycles. The van der Waals surface area contributed by atoms with Crippen LogP contribution in [0.4, 0.5) is 0 Å². The minimum atomic E-state index is 0.598. The van der Waals surface area contributed by atoms with Gasteiger partial charge in [-0.2, -0.15) is 0 Å². The van der Waals surface area contributed by atoms with E-state index in [9.17, 15) is 0 Å². The highest BCUT2D eigenvalue weighted by Crippen LogP contribution is 2.35. The Bertz CT molecular complexity index is 563. The number of benzene rings is 1. The van der Waals surface area contributed by atoms with Crippen LogP contribution in [0.5, 0.6) is 11.5 Å². The number of halogens is 1. The van der Waals surface area contributed by atoms with E-state index in [-0.39, 0.29) is 0 Å². The lowest BCUT2D eigenvalue weighted by atomic mass is 10.3. The minimum absolute atomic E-state index is 0.598. The highest BCUT2D eigenvalue weighted by Gasteiger charge is 2.12. The summed E-state index contributed by atoms with van der Waals surface area (Å²) >= 11 is 3.69. The molecule has 0 spiro atoms. The second-order valence-electron chi connectivity index (χ2n) is 3.59. The van der Waals surface area contributed by atoms with E-state index >= 15 is 0 Å². The van der Waals surface area contributed by atoms with Crippen molar-refractivity contribution in [2.45, 2.75) is 10.1 Å². The van der Waals surface area contributed by atoms with Crippen LogP contribution in [0.15, 0.2) is 40.6 Å². The summed E-state index contributed by atoms with van der Waals surface area (Å²) in [7, 11) is 0. The first-order valence-electron chi connectivity index (χ1n) is 5.36. The van der Waals surface area contributed by atoms with Gasteiger partial charge in [0.25, 0.3) is 0 Å². The molecule has 0 fully saturated rings. The third-order valence-electron chi connectivity index (χ3n) is 2.32. The zero-order valence-electron chi connectivity index (χ0n) is 9.30. The Hall–Kier alpha value is -1.02. The Labute approximate surface area is 122 Å². The number of fused-ring (bicyclic) bond motifs is 1. The Morgan fingerprint density at radius 1 is 1.06 bits per heavy atom. The van der Waals surface area contributed by atoms with Gasteiger partial charge < -0.3 is 9.47 Å². The molecule has 0 amide bonds. The van der Waals surface area contributed by atoms with E-state index in [0.717, 1.165) is 25.1 Å². The molecule has 1 aliphatic heterocycles. The zero-order chi connectivity index (χ0) is 12.4. The van der Waals surface area contributed by atoms with Crippen molar-refractivity contribution in [2.24, 2.45) is 0 Å². The average Bonchev–Trinajstić information content (AvgIpc) is 2.41. The van der Waals surface area contributed by atoms with E-state index in [1.807, 2.05) is 18.2 Å². The summed E-state index contributed by atoms with van der Waals surface area (Å²) in [6.07, 6.45) is 3.60. The third-order valence-corrected chi connectivity index (χ3v) is 3.76. The molecule has 18 heavy (non-hydrogen) atoms. The van der Waals surface area contributed by atoms with Crippen LogP contribution in [0.3, 0.4) is 0 Å². The van der Waals surface area contributed by atoms with Crippen LogP contribution in [-0.4, -0.2) is 23.2 Å². The normalized spacial score (nSPS) is 13.4. The molecule has 1 aliphatic rings. The summed E-state index contributed by atoms with van der Waals surface area (Å²) < 4.78 is 12.0. The molecule has 3 rings (SSSR count).